The average Bonchev–Trinajstić information content (AvgIpc) is 2.83. The summed E-state index contributed by atoms with van der Waals surface area (Å²) in [5, 5.41) is 5.00. The fourth-order valence-electron chi connectivity index (χ4n) is 3.64. The Kier molecular flexibility index (Phi) is 6.73. The number of benzene rings is 3. The second-order valence-corrected chi connectivity index (χ2v) is 7.99. The van der Waals surface area contributed by atoms with Crippen LogP contribution in [0.25, 0.3) is 6.08 Å². The number of para-hydroxylation sites is 2. The first-order valence-electron chi connectivity index (χ1n) is 10.9. The molecule has 0 aromatic heterocycles. The molecule has 8 heteroatoms. The number of aryl methyl sites for hydroxylation is 2. The van der Waals surface area contributed by atoms with Crippen LogP contribution in [0.5, 0.6) is 5.75 Å². The van der Waals surface area contributed by atoms with Gasteiger partial charge >= 0.3 is 6.03 Å². The standard InChI is InChI=1S/C27H23N3O5/c1-17-12-13-22(18(2)14-17)28-24(31)16-35-23-11-7-6-8-19(23)15-21-25(32)29-27(34)30(26(21)33)20-9-4-3-5-10-20/h3-15H,16H2,1-2H3,(H,28,31)(H,29,32,34)/b21-15-. The molecule has 1 saturated heterocycles. The van der Waals surface area contributed by atoms with Crippen molar-refractivity contribution in [3.8, 4) is 5.75 Å². The summed E-state index contributed by atoms with van der Waals surface area (Å²) in [6.45, 7) is 3.60. The molecule has 0 atom stereocenters. The number of hydrogen-bond donors (Lipinski definition) is 2. The van der Waals surface area contributed by atoms with Crippen molar-refractivity contribution >= 4 is 41.2 Å². The molecule has 3 aromatic rings. The van der Waals surface area contributed by atoms with Crippen LogP contribution >= 0.6 is 0 Å². The van der Waals surface area contributed by atoms with E-state index in [1.54, 1.807) is 54.6 Å². The number of barbiturate groups is 1. The Bertz CT molecular complexity index is 1350. The van der Waals surface area contributed by atoms with E-state index in [1.165, 1.54) is 6.08 Å². The molecule has 4 rings (SSSR count). The van der Waals surface area contributed by atoms with E-state index in [-0.39, 0.29) is 18.1 Å². The summed E-state index contributed by atoms with van der Waals surface area (Å²) < 4.78 is 5.70. The fourth-order valence-corrected chi connectivity index (χ4v) is 3.64. The molecule has 1 aliphatic rings. The molecule has 0 bridgehead atoms. The predicted molar refractivity (Wildman–Crippen MR) is 132 cm³/mol. The summed E-state index contributed by atoms with van der Waals surface area (Å²) in [7, 11) is 0. The van der Waals surface area contributed by atoms with Crippen molar-refractivity contribution in [2.75, 3.05) is 16.8 Å². The molecule has 0 radical (unpaired) electrons. The number of nitrogens with zero attached hydrogens (tertiary/aromatic N) is 1. The molecule has 2 N–H and O–H groups in total. The van der Waals surface area contributed by atoms with E-state index in [0.717, 1.165) is 16.0 Å². The van der Waals surface area contributed by atoms with Gasteiger partial charge in [-0.25, -0.2) is 9.69 Å². The Morgan fingerprint density at radius 1 is 0.971 bits per heavy atom. The highest BCUT2D eigenvalue weighted by molar-refractivity contribution is 6.39. The average molecular weight is 469 g/mol. The van der Waals surface area contributed by atoms with Crippen LogP contribution in [0.15, 0.2) is 78.4 Å². The summed E-state index contributed by atoms with van der Waals surface area (Å²) in [6.07, 6.45) is 1.34. The van der Waals surface area contributed by atoms with Gasteiger partial charge in [0.15, 0.2) is 6.61 Å². The van der Waals surface area contributed by atoms with E-state index in [2.05, 4.69) is 10.6 Å². The third-order valence-electron chi connectivity index (χ3n) is 5.35. The zero-order chi connectivity index (χ0) is 24.9. The van der Waals surface area contributed by atoms with Gasteiger partial charge in [0, 0.05) is 11.3 Å². The van der Waals surface area contributed by atoms with Crippen molar-refractivity contribution in [2.24, 2.45) is 0 Å². The molecular formula is C27H23N3O5. The third kappa shape index (κ3) is 5.27. The molecule has 0 saturated carbocycles. The van der Waals surface area contributed by atoms with Crippen molar-refractivity contribution < 1.29 is 23.9 Å². The molecule has 176 valence electrons. The monoisotopic (exact) mass is 469 g/mol. The Morgan fingerprint density at radius 3 is 2.43 bits per heavy atom. The maximum absolute atomic E-state index is 13.1. The first-order chi connectivity index (χ1) is 16.8. The lowest BCUT2D eigenvalue weighted by Gasteiger charge is -2.26. The van der Waals surface area contributed by atoms with Crippen molar-refractivity contribution in [3.05, 3.63) is 95.1 Å². The first kappa shape index (κ1) is 23.4. The lowest BCUT2D eigenvalue weighted by molar-refractivity contribution is -0.122. The third-order valence-corrected chi connectivity index (χ3v) is 5.35. The minimum absolute atomic E-state index is 0.232. The number of urea groups is 1. The lowest BCUT2D eigenvalue weighted by Crippen LogP contribution is -2.54. The van der Waals surface area contributed by atoms with Crippen molar-refractivity contribution in [1.82, 2.24) is 5.32 Å². The van der Waals surface area contributed by atoms with Gasteiger partial charge in [0.25, 0.3) is 17.7 Å². The van der Waals surface area contributed by atoms with Crippen LogP contribution in [-0.2, 0) is 14.4 Å². The Morgan fingerprint density at radius 2 is 1.69 bits per heavy atom. The van der Waals surface area contributed by atoms with Gasteiger partial charge in [-0.1, -0.05) is 54.1 Å². The van der Waals surface area contributed by atoms with Crippen LogP contribution in [0.2, 0.25) is 0 Å². The van der Waals surface area contributed by atoms with Crippen molar-refractivity contribution in [3.63, 3.8) is 0 Å². The molecule has 8 nitrogen and oxygen atoms in total. The molecule has 1 aliphatic heterocycles. The molecule has 5 amide bonds. The maximum Gasteiger partial charge on any atom is 0.335 e. The summed E-state index contributed by atoms with van der Waals surface area (Å²) in [5.74, 6) is -1.62. The first-order valence-corrected chi connectivity index (χ1v) is 10.9. The largest absolute Gasteiger partial charge is 0.483 e. The molecule has 0 aliphatic carbocycles. The second-order valence-electron chi connectivity index (χ2n) is 7.99. The van der Waals surface area contributed by atoms with Crippen LogP contribution in [-0.4, -0.2) is 30.4 Å². The minimum atomic E-state index is -0.823. The normalized spacial score (nSPS) is 14.6. The molecular weight excluding hydrogens is 446 g/mol. The number of amides is 5. The smallest absolute Gasteiger partial charge is 0.335 e. The quantitative estimate of drug-likeness (QED) is 0.420. The molecule has 1 heterocycles. The molecule has 3 aromatic carbocycles. The summed E-state index contributed by atoms with van der Waals surface area (Å²) in [4.78, 5) is 51.2. The topological polar surface area (TPSA) is 105 Å². The van der Waals surface area contributed by atoms with Crippen molar-refractivity contribution in [2.45, 2.75) is 13.8 Å². The number of carbonyl (C=O) groups is 4. The number of hydrogen-bond acceptors (Lipinski definition) is 5. The number of carbonyl (C=O) groups excluding carboxylic acids is 4. The van der Waals surface area contributed by atoms with Gasteiger partial charge in [-0.15, -0.1) is 0 Å². The minimum Gasteiger partial charge on any atom is -0.483 e. The highest BCUT2D eigenvalue weighted by Gasteiger charge is 2.36. The Balaban J connectivity index is 1.53. The van der Waals surface area contributed by atoms with Gasteiger partial charge in [0.1, 0.15) is 11.3 Å². The highest BCUT2D eigenvalue weighted by Crippen LogP contribution is 2.25. The van der Waals surface area contributed by atoms with Gasteiger partial charge in [0.05, 0.1) is 5.69 Å². The zero-order valence-corrected chi connectivity index (χ0v) is 19.2. The Hall–Kier alpha value is -4.72. The molecule has 0 unspecified atom stereocenters. The van der Waals surface area contributed by atoms with Gasteiger partial charge in [-0.2, -0.15) is 0 Å². The zero-order valence-electron chi connectivity index (χ0n) is 19.2. The molecule has 0 spiro atoms. The Labute approximate surface area is 202 Å². The summed E-state index contributed by atoms with van der Waals surface area (Å²) in [5.41, 5.74) is 3.23. The van der Waals surface area contributed by atoms with Gasteiger partial charge < -0.3 is 10.1 Å². The number of imide groups is 2. The number of rotatable bonds is 6. The fraction of sp³-hybridized carbons (Fsp3) is 0.111. The van der Waals surface area contributed by atoms with E-state index < -0.39 is 17.8 Å². The van der Waals surface area contributed by atoms with Gasteiger partial charge in [-0.3, -0.25) is 19.7 Å². The van der Waals surface area contributed by atoms with Crippen molar-refractivity contribution in [1.29, 1.82) is 0 Å². The van der Waals surface area contributed by atoms with E-state index in [9.17, 15) is 19.2 Å². The maximum atomic E-state index is 13.1. The summed E-state index contributed by atoms with van der Waals surface area (Å²) in [6, 6.07) is 19.9. The van der Waals surface area contributed by atoms with E-state index >= 15 is 0 Å². The van der Waals surface area contributed by atoms with E-state index in [4.69, 9.17) is 4.74 Å². The molecule has 1 fully saturated rings. The van der Waals surface area contributed by atoms with Crippen LogP contribution in [0.3, 0.4) is 0 Å². The number of nitrogens with one attached hydrogen (secondary N) is 2. The van der Waals surface area contributed by atoms with Crippen LogP contribution in [0.4, 0.5) is 16.2 Å². The number of anilines is 2. The summed E-state index contributed by atoms with van der Waals surface area (Å²) >= 11 is 0. The lowest BCUT2D eigenvalue weighted by atomic mass is 10.1. The second kappa shape index (κ2) is 10.0. The highest BCUT2D eigenvalue weighted by atomic mass is 16.5. The predicted octanol–water partition coefficient (Wildman–Crippen LogP) is 3.99. The number of ether oxygens (including phenoxy) is 1. The van der Waals surface area contributed by atoms with Gasteiger partial charge in [-0.05, 0) is 49.8 Å². The SMILES string of the molecule is Cc1ccc(NC(=O)COc2ccccc2/C=C2/C(=O)NC(=O)N(c3ccccc3)C2=O)c(C)c1. The van der Waals surface area contributed by atoms with Crippen LogP contribution < -0.4 is 20.3 Å². The van der Waals surface area contributed by atoms with Gasteiger partial charge in [0.2, 0.25) is 0 Å². The van der Waals surface area contributed by atoms with Crippen LogP contribution in [0.1, 0.15) is 16.7 Å². The van der Waals surface area contributed by atoms with Crippen LogP contribution in [0, 0.1) is 13.8 Å². The van der Waals surface area contributed by atoms with E-state index in [1.807, 2.05) is 32.0 Å². The van der Waals surface area contributed by atoms with E-state index in [0.29, 0.717) is 22.7 Å². The molecule has 35 heavy (non-hydrogen) atoms.